The SMILES string of the molecule is c1ccc(-c2ccccc2N(c2ccc(-c3ccc(-n4c5ccccc5c5ccccc54)cc3)cc2)c2ccc(-c3cccc4oc5ccccc5c34)cc2)cc1. The standard InChI is InChI=1S/C54H36N2O/c1-2-13-39(14-3-1)44-15-4-8-20-49(44)55(42-35-29-40(30-36-42)45-19-12-24-53-54(45)48-18-7-11-23-52(48)57-53)41-31-25-37(26-32-41)38-27-33-43(34-28-38)56-50-21-9-5-16-46(50)47-17-6-10-22-51(47)56/h1-36H. The molecule has 57 heavy (non-hydrogen) atoms. The molecule has 11 rings (SSSR count). The smallest absolute Gasteiger partial charge is 0.136 e. The number of aromatic nitrogens is 1. The van der Waals surface area contributed by atoms with E-state index < -0.39 is 0 Å². The summed E-state index contributed by atoms with van der Waals surface area (Å²) in [7, 11) is 0. The van der Waals surface area contributed by atoms with Crippen molar-refractivity contribution < 1.29 is 4.42 Å². The monoisotopic (exact) mass is 728 g/mol. The van der Waals surface area contributed by atoms with Crippen LogP contribution < -0.4 is 4.90 Å². The number of benzene rings is 9. The summed E-state index contributed by atoms with van der Waals surface area (Å²) in [5.74, 6) is 0. The van der Waals surface area contributed by atoms with Crippen LogP contribution in [-0.2, 0) is 0 Å². The Hall–Kier alpha value is -7.62. The van der Waals surface area contributed by atoms with E-state index in [-0.39, 0.29) is 0 Å². The largest absolute Gasteiger partial charge is 0.456 e. The number of fused-ring (bicyclic) bond motifs is 6. The fourth-order valence-corrected chi connectivity index (χ4v) is 8.57. The molecule has 0 aliphatic carbocycles. The van der Waals surface area contributed by atoms with Crippen LogP contribution in [0, 0.1) is 0 Å². The van der Waals surface area contributed by atoms with Crippen molar-refractivity contribution in [1.29, 1.82) is 0 Å². The van der Waals surface area contributed by atoms with E-state index in [2.05, 4.69) is 216 Å². The molecule has 0 amide bonds. The quantitative estimate of drug-likeness (QED) is 0.163. The molecule has 2 aromatic heterocycles. The van der Waals surface area contributed by atoms with Gasteiger partial charge in [-0.05, 0) is 94.5 Å². The maximum absolute atomic E-state index is 6.23. The molecule has 2 heterocycles. The third kappa shape index (κ3) is 5.60. The fourth-order valence-electron chi connectivity index (χ4n) is 8.57. The molecule has 0 radical (unpaired) electrons. The molecule has 0 bridgehead atoms. The molecular formula is C54H36N2O. The Morgan fingerprint density at radius 2 is 0.825 bits per heavy atom. The molecule has 11 aromatic rings. The van der Waals surface area contributed by atoms with Crippen LogP contribution in [0.2, 0.25) is 0 Å². The zero-order valence-electron chi connectivity index (χ0n) is 31.1. The van der Waals surface area contributed by atoms with Gasteiger partial charge in [-0.15, -0.1) is 0 Å². The van der Waals surface area contributed by atoms with Crippen molar-refractivity contribution in [1.82, 2.24) is 4.57 Å². The molecule has 0 saturated carbocycles. The lowest BCUT2D eigenvalue weighted by atomic mass is 9.98. The Bertz CT molecular complexity index is 3160. The summed E-state index contributed by atoms with van der Waals surface area (Å²) in [6, 6.07) is 78.1. The highest BCUT2D eigenvalue weighted by atomic mass is 16.3. The molecule has 0 saturated heterocycles. The Labute approximate surface area is 330 Å². The summed E-state index contributed by atoms with van der Waals surface area (Å²) < 4.78 is 8.60. The highest BCUT2D eigenvalue weighted by molar-refractivity contribution is 6.12. The lowest BCUT2D eigenvalue weighted by molar-refractivity contribution is 0.669. The summed E-state index contributed by atoms with van der Waals surface area (Å²) >= 11 is 0. The van der Waals surface area contributed by atoms with Gasteiger partial charge < -0.3 is 13.9 Å². The molecule has 0 aliphatic rings. The Morgan fingerprint density at radius 3 is 1.51 bits per heavy atom. The highest BCUT2D eigenvalue weighted by Gasteiger charge is 2.19. The predicted octanol–water partition coefficient (Wildman–Crippen LogP) is 15.2. The molecule has 0 N–H and O–H groups in total. The van der Waals surface area contributed by atoms with E-state index >= 15 is 0 Å². The van der Waals surface area contributed by atoms with Crippen molar-refractivity contribution in [3.8, 4) is 39.1 Å². The van der Waals surface area contributed by atoms with Gasteiger partial charge in [-0.25, -0.2) is 0 Å². The van der Waals surface area contributed by atoms with Crippen molar-refractivity contribution in [2.24, 2.45) is 0 Å². The molecule has 0 fully saturated rings. The van der Waals surface area contributed by atoms with Crippen LogP contribution >= 0.6 is 0 Å². The van der Waals surface area contributed by atoms with Crippen LogP contribution in [0.1, 0.15) is 0 Å². The van der Waals surface area contributed by atoms with Gasteiger partial charge in [0.1, 0.15) is 11.2 Å². The van der Waals surface area contributed by atoms with Gasteiger partial charge in [-0.2, -0.15) is 0 Å². The zero-order chi connectivity index (χ0) is 37.7. The first kappa shape index (κ1) is 32.8. The normalized spacial score (nSPS) is 11.5. The average Bonchev–Trinajstić information content (AvgIpc) is 3.84. The molecular weight excluding hydrogens is 693 g/mol. The van der Waals surface area contributed by atoms with Crippen LogP contribution in [0.15, 0.2) is 223 Å². The van der Waals surface area contributed by atoms with Gasteiger partial charge in [0.15, 0.2) is 0 Å². The lowest BCUT2D eigenvalue weighted by Gasteiger charge is -2.28. The number of rotatable bonds is 7. The van der Waals surface area contributed by atoms with Gasteiger partial charge in [0.05, 0.1) is 16.7 Å². The van der Waals surface area contributed by atoms with Gasteiger partial charge in [0.2, 0.25) is 0 Å². The zero-order valence-corrected chi connectivity index (χ0v) is 31.1. The van der Waals surface area contributed by atoms with E-state index in [4.69, 9.17) is 4.42 Å². The van der Waals surface area contributed by atoms with Crippen LogP contribution in [0.3, 0.4) is 0 Å². The first-order chi connectivity index (χ1) is 28.3. The highest BCUT2D eigenvalue weighted by Crippen LogP contribution is 2.43. The van der Waals surface area contributed by atoms with E-state index in [1.165, 1.54) is 44.1 Å². The molecule has 0 spiro atoms. The van der Waals surface area contributed by atoms with Gasteiger partial charge >= 0.3 is 0 Å². The van der Waals surface area contributed by atoms with E-state index in [1.54, 1.807) is 0 Å². The minimum atomic E-state index is 0.901. The van der Waals surface area contributed by atoms with Crippen molar-refractivity contribution >= 4 is 60.8 Å². The van der Waals surface area contributed by atoms with Crippen molar-refractivity contribution in [2.75, 3.05) is 4.90 Å². The Morgan fingerprint density at radius 1 is 0.333 bits per heavy atom. The molecule has 3 heteroatoms. The Balaban J connectivity index is 0.981. The minimum absolute atomic E-state index is 0.901. The fraction of sp³-hybridized carbons (Fsp3) is 0. The Kier molecular flexibility index (Phi) is 7.82. The average molecular weight is 729 g/mol. The van der Waals surface area contributed by atoms with E-state index in [9.17, 15) is 0 Å². The number of para-hydroxylation sites is 4. The van der Waals surface area contributed by atoms with E-state index in [0.717, 1.165) is 55.8 Å². The molecule has 268 valence electrons. The molecule has 0 unspecified atom stereocenters. The van der Waals surface area contributed by atoms with Crippen LogP contribution in [0.4, 0.5) is 17.1 Å². The second kappa shape index (κ2) is 13.6. The topological polar surface area (TPSA) is 21.3 Å². The predicted molar refractivity (Wildman–Crippen MR) is 239 cm³/mol. The van der Waals surface area contributed by atoms with Gasteiger partial charge in [-0.3, -0.25) is 0 Å². The molecule has 0 aliphatic heterocycles. The van der Waals surface area contributed by atoms with Crippen LogP contribution in [0.25, 0.3) is 82.8 Å². The summed E-state index contributed by atoms with van der Waals surface area (Å²) in [5, 5.41) is 4.81. The van der Waals surface area contributed by atoms with E-state index in [0.29, 0.717) is 0 Å². The third-order valence-corrected chi connectivity index (χ3v) is 11.2. The first-order valence-corrected chi connectivity index (χ1v) is 19.4. The molecule has 0 atom stereocenters. The summed E-state index contributed by atoms with van der Waals surface area (Å²) in [6.07, 6.45) is 0. The number of anilines is 3. The summed E-state index contributed by atoms with van der Waals surface area (Å²) in [5.41, 5.74) is 15.6. The van der Waals surface area contributed by atoms with E-state index in [1.807, 2.05) is 12.1 Å². The first-order valence-electron chi connectivity index (χ1n) is 19.4. The van der Waals surface area contributed by atoms with Crippen LogP contribution in [-0.4, -0.2) is 4.57 Å². The summed E-state index contributed by atoms with van der Waals surface area (Å²) in [6.45, 7) is 0. The number of hydrogen-bond acceptors (Lipinski definition) is 2. The summed E-state index contributed by atoms with van der Waals surface area (Å²) in [4.78, 5) is 2.37. The van der Waals surface area contributed by atoms with Gasteiger partial charge in [0.25, 0.3) is 0 Å². The molecule has 9 aromatic carbocycles. The van der Waals surface area contributed by atoms with Crippen LogP contribution in [0.5, 0.6) is 0 Å². The van der Waals surface area contributed by atoms with Gasteiger partial charge in [-0.1, -0.05) is 152 Å². The lowest BCUT2D eigenvalue weighted by Crippen LogP contribution is -2.11. The number of hydrogen-bond donors (Lipinski definition) is 0. The molecule has 3 nitrogen and oxygen atoms in total. The maximum Gasteiger partial charge on any atom is 0.136 e. The second-order valence-corrected chi connectivity index (χ2v) is 14.5. The maximum atomic E-state index is 6.23. The number of furan rings is 1. The van der Waals surface area contributed by atoms with Crippen molar-refractivity contribution in [3.63, 3.8) is 0 Å². The second-order valence-electron chi connectivity index (χ2n) is 14.5. The number of nitrogens with zero attached hydrogens (tertiary/aromatic N) is 2. The van der Waals surface area contributed by atoms with Crippen molar-refractivity contribution in [3.05, 3.63) is 218 Å². The van der Waals surface area contributed by atoms with Crippen molar-refractivity contribution in [2.45, 2.75) is 0 Å². The van der Waals surface area contributed by atoms with Gasteiger partial charge in [0, 0.05) is 44.2 Å². The minimum Gasteiger partial charge on any atom is -0.456 e. The third-order valence-electron chi connectivity index (χ3n) is 11.2.